The molecule has 0 saturated heterocycles. The molecule has 0 aliphatic heterocycles. The predicted molar refractivity (Wildman–Crippen MR) is 79.5 cm³/mol. The van der Waals surface area contributed by atoms with Crippen molar-refractivity contribution in [2.45, 2.75) is 38.8 Å². The molecular weight excluding hydrogens is 242 g/mol. The van der Waals surface area contributed by atoms with Gasteiger partial charge >= 0.3 is 0 Å². The molecule has 2 nitrogen and oxygen atoms in total. The molecule has 100 valence electrons. The van der Waals surface area contributed by atoms with Crippen molar-refractivity contribution in [1.29, 1.82) is 0 Å². The number of benzene rings is 1. The van der Waals surface area contributed by atoms with Crippen LogP contribution in [0.2, 0.25) is 0 Å². The number of nitrogens with one attached hydrogen (secondary N) is 1. The first-order chi connectivity index (χ1) is 8.81. The molecule has 3 heteroatoms. The van der Waals surface area contributed by atoms with Crippen molar-refractivity contribution in [3.63, 3.8) is 0 Å². The van der Waals surface area contributed by atoms with Crippen LogP contribution in [0.4, 0.5) is 0 Å². The van der Waals surface area contributed by atoms with Crippen LogP contribution >= 0.6 is 11.8 Å². The molecule has 0 amide bonds. The van der Waals surface area contributed by atoms with Crippen LogP contribution in [0.3, 0.4) is 0 Å². The van der Waals surface area contributed by atoms with Gasteiger partial charge < -0.3 is 10.1 Å². The fourth-order valence-corrected chi connectivity index (χ4v) is 2.38. The molecule has 0 aromatic heterocycles. The van der Waals surface area contributed by atoms with Crippen LogP contribution in [0.1, 0.15) is 30.4 Å². The van der Waals surface area contributed by atoms with E-state index >= 15 is 0 Å². The number of aryl methyl sites for hydroxylation is 1. The minimum Gasteiger partial charge on any atom is -0.493 e. The molecule has 1 fully saturated rings. The van der Waals surface area contributed by atoms with Crippen LogP contribution in [0, 0.1) is 6.92 Å². The van der Waals surface area contributed by atoms with E-state index in [-0.39, 0.29) is 0 Å². The molecule has 1 saturated carbocycles. The minimum absolute atomic E-state index is 0.745. The Balaban J connectivity index is 1.91. The van der Waals surface area contributed by atoms with E-state index in [2.05, 4.69) is 36.7 Å². The summed E-state index contributed by atoms with van der Waals surface area (Å²) in [4.78, 5) is 0. The molecule has 1 aromatic carbocycles. The van der Waals surface area contributed by atoms with E-state index in [0.717, 1.165) is 31.4 Å². The Morgan fingerprint density at radius 2 is 2.22 bits per heavy atom. The molecule has 1 aromatic rings. The van der Waals surface area contributed by atoms with Crippen LogP contribution in [0.15, 0.2) is 18.2 Å². The van der Waals surface area contributed by atoms with Gasteiger partial charge in [0.2, 0.25) is 0 Å². The topological polar surface area (TPSA) is 21.3 Å². The molecule has 0 atom stereocenters. The van der Waals surface area contributed by atoms with Gasteiger partial charge in [-0.05, 0) is 43.8 Å². The molecule has 2 rings (SSSR count). The summed E-state index contributed by atoms with van der Waals surface area (Å²) in [7, 11) is 0. The zero-order valence-electron chi connectivity index (χ0n) is 11.4. The maximum Gasteiger partial charge on any atom is 0.126 e. The van der Waals surface area contributed by atoms with Crippen LogP contribution < -0.4 is 10.1 Å². The van der Waals surface area contributed by atoms with E-state index in [1.165, 1.54) is 29.7 Å². The second-order valence-corrected chi connectivity index (χ2v) is 5.90. The molecule has 1 N–H and O–H groups in total. The van der Waals surface area contributed by atoms with E-state index in [1.54, 1.807) is 0 Å². The van der Waals surface area contributed by atoms with Gasteiger partial charge in [-0.2, -0.15) is 11.8 Å². The van der Waals surface area contributed by atoms with Gasteiger partial charge in [0.15, 0.2) is 0 Å². The standard InChI is InChI=1S/C15H23NOS/c1-12-5-3-6-13(11-16-14-7-8-14)15(12)17-9-4-10-18-2/h3,5-6,14,16H,4,7-11H2,1-2H3. The SMILES string of the molecule is CSCCCOc1c(C)cccc1CNC1CC1. The molecule has 1 aliphatic rings. The summed E-state index contributed by atoms with van der Waals surface area (Å²) in [5.41, 5.74) is 2.54. The van der Waals surface area contributed by atoms with Crippen LogP contribution in [-0.2, 0) is 6.54 Å². The van der Waals surface area contributed by atoms with Crippen LogP contribution in [-0.4, -0.2) is 24.7 Å². The summed E-state index contributed by atoms with van der Waals surface area (Å²) in [5.74, 6) is 2.26. The first kappa shape index (κ1) is 13.8. The third-order valence-corrected chi connectivity index (χ3v) is 3.89. The summed E-state index contributed by atoms with van der Waals surface area (Å²) < 4.78 is 5.97. The third-order valence-electron chi connectivity index (χ3n) is 3.19. The number of ether oxygens (including phenoxy) is 1. The Labute approximate surface area is 114 Å². The van der Waals surface area contributed by atoms with E-state index in [0.29, 0.717) is 0 Å². The molecule has 0 spiro atoms. The Morgan fingerprint density at radius 3 is 2.94 bits per heavy atom. The number of thioether (sulfide) groups is 1. The lowest BCUT2D eigenvalue weighted by molar-refractivity contribution is 0.312. The summed E-state index contributed by atoms with van der Waals surface area (Å²) in [6, 6.07) is 7.17. The smallest absolute Gasteiger partial charge is 0.126 e. The Morgan fingerprint density at radius 1 is 1.39 bits per heavy atom. The quantitative estimate of drug-likeness (QED) is 0.728. The molecule has 0 heterocycles. The van der Waals surface area contributed by atoms with Gasteiger partial charge in [-0.25, -0.2) is 0 Å². The molecule has 1 aliphatic carbocycles. The van der Waals surface area contributed by atoms with Crippen molar-refractivity contribution in [2.75, 3.05) is 18.6 Å². The van der Waals surface area contributed by atoms with E-state index < -0.39 is 0 Å². The normalized spacial score (nSPS) is 14.8. The highest BCUT2D eigenvalue weighted by molar-refractivity contribution is 7.98. The van der Waals surface area contributed by atoms with E-state index in [1.807, 2.05) is 11.8 Å². The van der Waals surface area contributed by atoms with Crippen molar-refractivity contribution >= 4 is 11.8 Å². The zero-order valence-corrected chi connectivity index (χ0v) is 12.2. The first-order valence-electron chi connectivity index (χ1n) is 6.75. The maximum absolute atomic E-state index is 5.97. The lowest BCUT2D eigenvalue weighted by atomic mass is 10.1. The van der Waals surface area contributed by atoms with Crippen molar-refractivity contribution in [2.24, 2.45) is 0 Å². The van der Waals surface area contributed by atoms with E-state index in [4.69, 9.17) is 4.74 Å². The number of hydrogen-bond donors (Lipinski definition) is 1. The molecule has 0 radical (unpaired) electrons. The highest BCUT2D eigenvalue weighted by Gasteiger charge is 2.20. The second kappa shape index (κ2) is 7.05. The highest BCUT2D eigenvalue weighted by Crippen LogP contribution is 2.25. The molecular formula is C15H23NOS. The van der Waals surface area contributed by atoms with Gasteiger partial charge in [-0.15, -0.1) is 0 Å². The number of para-hydroxylation sites is 1. The first-order valence-corrected chi connectivity index (χ1v) is 8.14. The fourth-order valence-electron chi connectivity index (χ4n) is 1.98. The Kier molecular flexibility index (Phi) is 5.39. The van der Waals surface area contributed by atoms with Gasteiger partial charge in [0.1, 0.15) is 5.75 Å². The zero-order chi connectivity index (χ0) is 12.8. The highest BCUT2D eigenvalue weighted by atomic mass is 32.2. The summed E-state index contributed by atoms with van der Waals surface area (Å²) >= 11 is 1.88. The van der Waals surface area contributed by atoms with E-state index in [9.17, 15) is 0 Å². The van der Waals surface area contributed by atoms with Gasteiger partial charge in [-0.1, -0.05) is 18.2 Å². The maximum atomic E-state index is 5.97. The molecule has 0 bridgehead atoms. The monoisotopic (exact) mass is 265 g/mol. The van der Waals surface area contributed by atoms with Crippen LogP contribution in [0.25, 0.3) is 0 Å². The Hall–Kier alpha value is -0.670. The largest absolute Gasteiger partial charge is 0.493 e. The summed E-state index contributed by atoms with van der Waals surface area (Å²) in [5, 5.41) is 3.56. The lowest BCUT2D eigenvalue weighted by Crippen LogP contribution is -2.16. The molecule has 18 heavy (non-hydrogen) atoms. The lowest BCUT2D eigenvalue weighted by Gasteiger charge is -2.14. The van der Waals surface area contributed by atoms with Gasteiger partial charge in [0.25, 0.3) is 0 Å². The average Bonchev–Trinajstić information content (AvgIpc) is 3.18. The van der Waals surface area contributed by atoms with Crippen molar-refractivity contribution in [1.82, 2.24) is 5.32 Å². The number of rotatable bonds is 8. The Bertz CT molecular complexity index is 377. The fraction of sp³-hybridized carbons (Fsp3) is 0.600. The van der Waals surface area contributed by atoms with Crippen molar-refractivity contribution in [3.8, 4) is 5.75 Å². The van der Waals surface area contributed by atoms with Crippen molar-refractivity contribution < 1.29 is 4.74 Å². The van der Waals surface area contributed by atoms with Crippen LogP contribution in [0.5, 0.6) is 5.75 Å². The third kappa shape index (κ3) is 4.21. The summed E-state index contributed by atoms with van der Waals surface area (Å²) in [6.45, 7) is 3.89. The minimum atomic E-state index is 0.745. The predicted octanol–water partition coefficient (Wildman–Crippen LogP) is 3.38. The second-order valence-electron chi connectivity index (χ2n) is 4.91. The number of hydrogen-bond acceptors (Lipinski definition) is 3. The molecule has 0 unspecified atom stereocenters. The van der Waals surface area contributed by atoms with Gasteiger partial charge in [-0.3, -0.25) is 0 Å². The summed E-state index contributed by atoms with van der Waals surface area (Å²) in [6.07, 6.45) is 5.91. The van der Waals surface area contributed by atoms with Gasteiger partial charge in [0.05, 0.1) is 6.61 Å². The van der Waals surface area contributed by atoms with Gasteiger partial charge in [0, 0.05) is 18.2 Å². The average molecular weight is 265 g/mol. The van der Waals surface area contributed by atoms with Crippen molar-refractivity contribution in [3.05, 3.63) is 29.3 Å².